The number of rotatable bonds is 3. The first-order valence-electron chi connectivity index (χ1n) is 9.05. The second-order valence-electron chi connectivity index (χ2n) is 9.12. The highest BCUT2D eigenvalue weighted by molar-refractivity contribution is 5.97. The molecule has 0 aromatic carbocycles. The van der Waals surface area contributed by atoms with Gasteiger partial charge in [0.1, 0.15) is 6.10 Å². The van der Waals surface area contributed by atoms with Gasteiger partial charge in [0, 0.05) is 12.3 Å². The number of ether oxygens (including phenoxy) is 1. The molecule has 5 atom stereocenters. The van der Waals surface area contributed by atoms with Crippen molar-refractivity contribution in [3.8, 4) is 0 Å². The van der Waals surface area contributed by atoms with Crippen molar-refractivity contribution >= 4 is 11.8 Å². The lowest BCUT2D eigenvalue weighted by Gasteiger charge is -2.48. The summed E-state index contributed by atoms with van der Waals surface area (Å²) in [6.07, 6.45) is 3.97. The molecule has 0 N–H and O–H groups in total. The number of carbonyl (C=O) groups is 2. The minimum Gasteiger partial charge on any atom is -0.458 e. The molecule has 3 rings (SSSR count). The summed E-state index contributed by atoms with van der Waals surface area (Å²) in [5, 5.41) is 0. The summed E-state index contributed by atoms with van der Waals surface area (Å²) in [6, 6.07) is 0. The van der Waals surface area contributed by atoms with Crippen molar-refractivity contribution in [3.05, 3.63) is 11.6 Å². The van der Waals surface area contributed by atoms with Gasteiger partial charge in [-0.15, -0.1) is 0 Å². The van der Waals surface area contributed by atoms with Crippen LogP contribution in [-0.2, 0) is 14.3 Å². The van der Waals surface area contributed by atoms with Crippen molar-refractivity contribution in [3.63, 3.8) is 0 Å². The summed E-state index contributed by atoms with van der Waals surface area (Å²) in [6.45, 7) is 13.1. The Morgan fingerprint density at radius 3 is 2.57 bits per heavy atom. The number of ketones is 1. The van der Waals surface area contributed by atoms with Gasteiger partial charge in [0.2, 0.25) is 0 Å². The average Bonchev–Trinajstić information content (AvgIpc) is 3.01. The lowest BCUT2D eigenvalue weighted by molar-refractivity contribution is -0.151. The molecule has 3 aliphatic carbocycles. The fourth-order valence-electron chi connectivity index (χ4n) is 5.42. The summed E-state index contributed by atoms with van der Waals surface area (Å²) in [5.74, 6) is 1.48. The molecule has 3 aliphatic rings. The topological polar surface area (TPSA) is 43.4 Å². The highest BCUT2D eigenvalue weighted by Gasteiger charge is 2.72. The van der Waals surface area contributed by atoms with Gasteiger partial charge in [-0.3, -0.25) is 9.59 Å². The Morgan fingerprint density at radius 1 is 1.30 bits per heavy atom. The van der Waals surface area contributed by atoms with E-state index in [1.807, 2.05) is 19.9 Å². The Hall–Kier alpha value is -1.12. The first-order chi connectivity index (χ1) is 10.6. The van der Waals surface area contributed by atoms with Crippen LogP contribution in [0.3, 0.4) is 0 Å². The Morgan fingerprint density at radius 2 is 1.96 bits per heavy atom. The standard InChI is InChI=1S/C20H30O3/c1-11(2)9-16(22)23-15-8-7-12(3)20(6)13(15)10-14(21)17-18(20)19(17,4)5/h10-12,15,17-18H,7-9H2,1-6H3. The third kappa shape index (κ3) is 2.38. The fourth-order valence-corrected chi connectivity index (χ4v) is 5.42. The Kier molecular flexibility index (Phi) is 3.77. The molecule has 3 nitrogen and oxygen atoms in total. The van der Waals surface area contributed by atoms with E-state index < -0.39 is 0 Å². The average molecular weight is 318 g/mol. The van der Waals surface area contributed by atoms with E-state index in [1.54, 1.807) is 0 Å². The van der Waals surface area contributed by atoms with E-state index in [1.165, 1.54) is 0 Å². The van der Waals surface area contributed by atoms with Crippen molar-refractivity contribution in [1.29, 1.82) is 0 Å². The quantitative estimate of drug-likeness (QED) is 0.734. The van der Waals surface area contributed by atoms with Crippen molar-refractivity contribution < 1.29 is 14.3 Å². The first kappa shape index (κ1) is 16.7. The maximum atomic E-state index is 12.5. The van der Waals surface area contributed by atoms with Crippen molar-refractivity contribution in [2.24, 2.45) is 34.5 Å². The number of hydrogen-bond donors (Lipinski definition) is 0. The predicted molar refractivity (Wildman–Crippen MR) is 89.7 cm³/mol. The summed E-state index contributed by atoms with van der Waals surface area (Å²) in [4.78, 5) is 24.7. The number of carbonyl (C=O) groups excluding carboxylic acids is 2. The third-order valence-electron chi connectivity index (χ3n) is 6.78. The first-order valence-corrected chi connectivity index (χ1v) is 9.05. The lowest BCUT2D eigenvalue weighted by atomic mass is 9.58. The Balaban J connectivity index is 1.89. The SMILES string of the molecule is CC(C)CC(=O)OC1CCC(C)C2(C)C1=CC(=O)C1C2C1(C)C. The predicted octanol–water partition coefficient (Wildman–Crippen LogP) is 4.16. The van der Waals surface area contributed by atoms with Gasteiger partial charge in [-0.05, 0) is 53.1 Å². The zero-order chi connectivity index (χ0) is 17.2. The third-order valence-corrected chi connectivity index (χ3v) is 6.78. The highest BCUT2D eigenvalue weighted by atomic mass is 16.5. The maximum Gasteiger partial charge on any atom is 0.306 e. The van der Waals surface area contributed by atoms with Gasteiger partial charge in [-0.1, -0.05) is 41.5 Å². The van der Waals surface area contributed by atoms with Crippen LogP contribution in [0.4, 0.5) is 0 Å². The van der Waals surface area contributed by atoms with Crippen LogP contribution in [0.25, 0.3) is 0 Å². The van der Waals surface area contributed by atoms with Gasteiger partial charge in [-0.2, -0.15) is 0 Å². The minimum atomic E-state index is -0.205. The molecule has 0 bridgehead atoms. The zero-order valence-corrected chi connectivity index (χ0v) is 15.3. The summed E-state index contributed by atoms with van der Waals surface area (Å²) in [5.41, 5.74) is 1.15. The number of allylic oxidation sites excluding steroid dienone is 1. The van der Waals surface area contributed by atoms with Crippen LogP contribution in [0.1, 0.15) is 60.8 Å². The molecule has 0 heterocycles. The molecule has 128 valence electrons. The highest BCUT2D eigenvalue weighted by Crippen LogP contribution is 2.73. The number of esters is 1. The van der Waals surface area contributed by atoms with E-state index in [4.69, 9.17) is 4.74 Å². The number of hydrogen-bond acceptors (Lipinski definition) is 3. The second-order valence-corrected chi connectivity index (χ2v) is 9.12. The maximum absolute atomic E-state index is 12.5. The molecule has 23 heavy (non-hydrogen) atoms. The smallest absolute Gasteiger partial charge is 0.306 e. The molecule has 0 aromatic rings. The molecule has 3 heteroatoms. The van der Waals surface area contributed by atoms with Gasteiger partial charge in [-0.25, -0.2) is 0 Å². The van der Waals surface area contributed by atoms with Gasteiger partial charge in [0.25, 0.3) is 0 Å². The second kappa shape index (κ2) is 5.19. The van der Waals surface area contributed by atoms with Crippen LogP contribution in [0.2, 0.25) is 0 Å². The van der Waals surface area contributed by atoms with Crippen molar-refractivity contribution in [2.75, 3.05) is 0 Å². The molecular formula is C20H30O3. The van der Waals surface area contributed by atoms with E-state index in [9.17, 15) is 9.59 Å². The van der Waals surface area contributed by atoms with Crippen LogP contribution in [-0.4, -0.2) is 17.9 Å². The largest absolute Gasteiger partial charge is 0.458 e. The molecule has 0 aliphatic heterocycles. The Labute approximate surface area is 139 Å². The van der Waals surface area contributed by atoms with E-state index >= 15 is 0 Å². The van der Waals surface area contributed by atoms with Crippen LogP contribution >= 0.6 is 0 Å². The van der Waals surface area contributed by atoms with Crippen molar-refractivity contribution in [2.45, 2.75) is 66.9 Å². The van der Waals surface area contributed by atoms with E-state index in [-0.39, 0.29) is 34.6 Å². The van der Waals surface area contributed by atoms with Gasteiger partial charge in [0.05, 0.1) is 0 Å². The van der Waals surface area contributed by atoms with E-state index in [0.29, 0.717) is 24.2 Å². The van der Waals surface area contributed by atoms with Gasteiger partial charge >= 0.3 is 5.97 Å². The molecule has 2 saturated carbocycles. The molecule has 2 fully saturated rings. The van der Waals surface area contributed by atoms with Crippen LogP contribution in [0, 0.1) is 34.5 Å². The fraction of sp³-hybridized carbons (Fsp3) is 0.800. The van der Waals surface area contributed by atoms with E-state index in [0.717, 1.165) is 18.4 Å². The monoisotopic (exact) mass is 318 g/mol. The molecule has 0 radical (unpaired) electrons. The molecule has 0 spiro atoms. The van der Waals surface area contributed by atoms with Gasteiger partial charge < -0.3 is 4.74 Å². The van der Waals surface area contributed by atoms with E-state index in [2.05, 4.69) is 27.7 Å². The summed E-state index contributed by atoms with van der Waals surface area (Å²) in [7, 11) is 0. The summed E-state index contributed by atoms with van der Waals surface area (Å²) >= 11 is 0. The number of fused-ring (bicyclic) bond motifs is 3. The van der Waals surface area contributed by atoms with Crippen LogP contribution < -0.4 is 0 Å². The molecule has 0 amide bonds. The van der Waals surface area contributed by atoms with Crippen LogP contribution in [0.5, 0.6) is 0 Å². The normalized spacial score (nSPS) is 41.0. The molecule has 0 aromatic heterocycles. The molecule has 0 saturated heterocycles. The molecular weight excluding hydrogens is 288 g/mol. The lowest BCUT2D eigenvalue weighted by Crippen LogP contribution is -2.45. The van der Waals surface area contributed by atoms with Crippen molar-refractivity contribution in [1.82, 2.24) is 0 Å². The Bertz CT molecular complexity index is 571. The van der Waals surface area contributed by atoms with Gasteiger partial charge in [0.15, 0.2) is 5.78 Å². The molecule has 5 unspecified atom stereocenters. The summed E-state index contributed by atoms with van der Waals surface area (Å²) < 4.78 is 5.81. The zero-order valence-electron chi connectivity index (χ0n) is 15.3. The van der Waals surface area contributed by atoms with Crippen LogP contribution in [0.15, 0.2) is 11.6 Å². The minimum absolute atomic E-state index is 0.0108.